The maximum atomic E-state index is 11.3. The van der Waals surface area contributed by atoms with Crippen molar-refractivity contribution in [3.05, 3.63) is 5.82 Å². The summed E-state index contributed by atoms with van der Waals surface area (Å²) in [5.41, 5.74) is 0. The van der Waals surface area contributed by atoms with Crippen molar-refractivity contribution in [3.63, 3.8) is 0 Å². The summed E-state index contributed by atoms with van der Waals surface area (Å²) >= 11 is 0. The summed E-state index contributed by atoms with van der Waals surface area (Å²) in [7, 11) is 1.08. The molecule has 2 atom stereocenters. The Morgan fingerprint density at radius 2 is 2.33 bits per heavy atom. The lowest BCUT2D eigenvalue weighted by atomic mass is 10.3. The van der Waals surface area contributed by atoms with E-state index in [9.17, 15) is 4.21 Å². The van der Waals surface area contributed by atoms with Crippen LogP contribution in [-0.2, 0) is 17.3 Å². The molecule has 0 spiro atoms. The third-order valence-electron chi connectivity index (χ3n) is 2.23. The average molecular weight is 231 g/mol. The van der Waals surface area contributed by atoms with Crippen LogP contribution in [0.1, 0.15) is 25.7 Å². The Bertz CT molecular complexity index is 327. The smallest absolute Gasteiger partial charge is 0.167 e. The number of aromatic nitrogens is 4. The Morgan fingerprint density at radius 1 is 1.60 bits per heavy atom. The van der Waals surface area contributed by atoms with E-state index in [1.165, 1.54) is 0 Å². The second-order valence-corrected chi connectivity index (χ2v) is 5.07. The van der Waals surface area contributed by atoms with E-state index < -0.39 is 10.8 Å². The molecule has 0 bridgehead atoms. The van der Waals surface area contributed by atoms with Crippen molar-refractivity contribution in [2.75, 3.05) is 18.6 Å². The number of hydrogen-bond acceptors (Lipinski definition) is 5. The summed E-state index contributed by atoms with van der Waals surface area (Å²) in [6, 6.07) is 0.107. The molecule has 0 radical (unpaired) electrons. The summed E-state index contributed by atoms with van der Waals surface area (Å²) in [5, 5.41) is 14.5. The Labute approximate surface area is 91.9 Å². The third kappa shape index (κ3) is 3.35. The Hall–Kier alpha value is -0.820. The normalized spacial score (nSPS) is 15.1. The monoisotopic (exact) mass is 231 g/mol. The largest absolute Gasteiger partial charge is 0.311 e. The van der Waals surface area contributed by atoms with Gasteiger partial charge >= 0.3 is 0 Å². The van der Waals surface area contributed by atoms with Crippen molar-refractivity contribution in [1.82, 2.24) is 25.5 Å². The molecule has 0 amide bonds. The van der Waals surface area contributed by atoms with Gasteiger partial charge in [0.1, 0.15) is 0 Å². The molecule has 1 rings (SSSR count). The fourth-order valence-electron chi connectivity index (χ4n) is 1.14. The molecule has 0 fully saturated rings. The van der Waals surface area contributed by atoms with Gasteiger partial charge in [-0.25, -0.2) is 4.68 Å². The van der Waals surface area contributed by atoms with E-state index in [0.29, 0.717) is 18.1 Å². The van der Waals surface area contributed by atoms with Crippen molar-refractivity contribution < 1.29 is 4.21 Å². The molecule has 0 aromatic carbocycles. The standard InChI is InChI=1S/C8H17N5OS/c1-4-15(14)6-5-13-8(7(2)9-3)10-11-12-13/h7,9H,4-6H2,1-3H3. The van der Waals surface area contributed by atoms with E-state index in [4.69, 9.17) is 0 Å². The first-order valence-electron chi connectivity index (χ1n) is 4.97. The molecule has 6 nitrogen and oxygen atoms in total. The number of aryl methyl sites for hydroxylation is 1. The molecule has 0 aliphatic carbocycles. The molecule has 0 aliphatic rings. The van der Waals surface area contributed by atoms with Crippen LogP contribution >= 0.6 is 0 Å². The second-order valence-electron chi connectivity index (χ2n) is 3.20. The predicted molar refractivity (Wildman–Crippen MR) is 58.8 cm³/mol. The van der Waals surface area contributed by atoms with Crippen molar-refractivity contribution in [1.29, 1.82) is 0 Å². The first-order valence-corrected chi connectivity index (χ1v) is 6.46. The molecular weight excluding hydrogens is 214 g/mol. The van der Waals surface area contributed by atoms with Crippen molar-refractivity contribution in [2.45, 2.75) is 26.4 Å². The molecule has 0 saturated heterocycles. The molecule has 1 aromatic rings. The van der Waals surface area contributed by atoms with Gasteiger partial charge in [0.2, 0.25) is 0 Å². The highest BCUT2D eigenvalue weighted by molar-refractivity contribution is 7.84. The third-order valence-corrected chi connectivity index (χ3v) is 3.51. The minimum atomic E-state index is -0.772. The van der Waals surface area contributed by atoms with Crippen LogP contribution < -0.4 is 5.32 Å². The SMILES string of the molecule is CCS(=O)CCn1nnnc1C(C)NC. The van der Waals surface area contributed by atoms with Crippen LogP contribution in [-0.4, -0.2) is 43.0 Å². The summed E-state index contributed by atoms with van der Waals surface area (Å²) in [5.74, 6) is 2.06. The van der Waals surface area contributed by atoms with Crippen molar-refractivity contribution in [2.24, 2.45) is 0 Å². The minimum Gasteiger partial charge on any atom is -0.311 e. The molecular formula is C8H17N5OS. The molecule has 1 N–H and O–H groups in total. The van der Waals surface area contributed by atoms with E-state index in [0.717, 1.165) is 5.82 Å². The molecule has 15 heavy (non-hydrogen) atoms. The summed E-state index contributed by atoms with van der Waals surface area (Å²) in [4.78, 5) is 0. The van der Waals surface area contributed by atoms with Crippen LogP contribution in [0.15, 0.2) is 0 Å². The Morgan fingerprint density at radius 3 is 2.93 bits per heavy atom. The number of nitrogens with one attached hydrogen (secondary N) is 1. The lowest BCUT2D eigenvalue weighted by molar-refractivity contribution is 0.530. The van der Waals surface area contributed by atoms with Gasteiger partial charge in [0.15, 0.2) is 5.82 Å². The number of tetrazole rings is 1. The van der Waals surface area contributed by atoms with Gasteiger partial charge in [-0.1, -0.05) is 6.92 Å². The fraction of sp³-hybridized carbons (Fsp3) is 0.875. The maximum absolute atomic E-state index is 11.3. The zero-order valence-corrected chi connectivity index (χ0v) is 10.1. The molecule has 0 saturated carbocycles. The van der Waals surface area contributed by atoms with E-state index in [1.807, 2.05) is 20.9 Å². The van der Waals surface area contributed by atoms with Gasteiger partial charge in [-0.05, 0) is 24.4 Å². The van der Waals surface area contributed by atoms with Crippen LogP contribution in [0.2, 0.25) is 0 Å². The first-order chi connectivity index (χ1) is 7.19. The minimum absolute atomic E-state index is 0.107. The van der Waals surface area contributed by atoms with E-state index in [-0.39, 0.29) is 6.04 Å². The number of nitrogens with zero attached hydrogens (tertiary/aromatic N) is 4. The molecule has 1 aromatic heterocycles. The quantitative estimate of drug-likeness (QED) is 0.729. The molecule has 86 valence electrons. The van der Waals surface area contributed by atoms with Gasteiger partial charge < -0.3 is 5.32 Å². The highest BCUT2D eigenvalue weighted by Crippen LogP contribution is 2.05. The van der Waals surface area contributed by atoms with Crippen LogP contribution in [0.4, 0.5) is 0 Å². The highest BCUT2D eigenvalue weighted by atomic mass is 32.2. The Balaban J connectivity index is 2.61. The topological polar surface area (TPSA) is 72.7 Å². The highest BCUT2D eigenvalue weighted by Gasteiger charge is 2.12. The van der Waals surface area contributed by atoms with Crippen LogP contribution in [0, 0.1) is 0 Å². The van der Waals surface area contributed by atoms with Gasteiger partial charge in [0.25, 0.3) is 0 Å². The van der Waals surface area contributed by atoms with Crippen LogP contribution in [0.25, 0.3) is 0 Å². The molecule has 1 heterocycles. The van der Waals surface area contributed by atoms with E-state index >= 15 is 0 Å². The van der Waals surface area contributed by atoms with Gasteiger partial charge in [0.05, 0.1) is 12.6 Å². The summed E-state index contributed by atoms with van der Waals surface area (Å²) in [6.45, 7) is 4.50. The fourth-order valence-corrected chi connectivity index (χ4v) is 1.81. The lowest BCUT2D eigenvalue weighted by Crippen LogP contribution is -2.20. The van der Waals surface area contributed by atoms with Crippen molar-refractivity contribution in [3.8, 4) is 0 Å². The van der Waals surface area contributed by atoms with Crippen LogP contribution in [0.5, 0.6) is 0 Å². The summed E-state index contributed by atoms with van der Waals surface area (Å²) < 4.78 is 13.0. The van der Waals surface area contributed by atoms with E-state index in [2.05, 4.69) is 20.8 Å². The van der Waals surface area contributed by atoms with Crippen LogP contribution in [0.3, 0.4) is 0 Å². The van der Waals surface area contributed by atoms with Gasteiger partial charge in [0, 0.05) is 22.3 Å². The average Bonchev–Trinajstić information content (AvgIpc) is 2.72. The molecule has 7 heteroatoms. The summed E-state index contributed by atoms with van der Waals surface area (Å²) in [6.07, 6.45) is 0. The number of hydrogen-bond donors (Lipinski definition) is 1. The predicted octanol–water partition coefficient (Wildman–Crippen LogP) is -0.278. The lowest BCUT2D eigenvalue weighted by Gasteiger charge is -2.09. The Kier molecular flexibility index (Phi) is 4.83. The molecule has 0 aliphatic heterocycles. The van der Waals surface area contributed by atoms with Crippen molar-refractivity contribution >= 4 is 10.8 Å². The zero-order chi connectivity index (χ0) is 11.3. The van der Waals surface area contributed by atoms with Gasteiger partial charge in [-0.3, -0.25) is 4.21 Å². The van der Waals surface area contributed by atoms with Gasteiger partial charge in [-0.15, -0.1) is 5.10 Å². The second kappa shape index (κ2) is 5.92. The molecule has 2 unspecified atom stereocenters. The maximum Gasteiger partial charge on any atom is 0.167 e. The van der Waals surface area contributed by atoms with E-state index in [1.54, 1.807) is 4.68 Å². The number of rotatable bonds is 6. The first kappa shape index (κ1) is 12.3. The van der Waals surface area contributed by atoms with Gasteiger partial charge in [-0.2, -0.15) is 0 Å². The zero-order valence-electron chi connectivity index (χ0n) is 9.30.